The topological polar surface area (TPSA) is 58.4 Å². The first-order valence-corrected chi connectivity index (χ1v) is 7.83. The molecule has 0 bridgehead atoms. The molecule has 1 fully saturated rings. The van der Waals surface area contributed by atoms with E-state index >= 15 is 0 Å². The van der Waals surface area contributed by atoms with Crippen molar-refractivity contribution in [2.24, 2.45) is 5.73 Å². The number of nitrogens with one attached hydrogen (secondary N) is 1. The molecule has 0 aliphatic carbocycles. The van der Waals surface area contributed by atoms with Gasteiger partial charge in [-0.2, -0.15) is 0 Å². The Balaban J connectivity index is 2.04. The monoisotopic (exact) mass is 309 g/mol. The SMILES string of the molecule is Cc1cccc(Cl)c1C(=O)NC1CCN(C(C)C)CC1N. The lowest BCUT2D eigenvalue weighted by Crippen LogP contribution is -2.59. The zero-order valence-corrected chi connectivity index (χ0v) is 13.7. The molecule has 3 N–H and O–H groups in total. The molecule has 1 amide bonds. The number of nitrogens with zero attached hydrogens (tertiary/aromatic N) is 1. The minimum Gasteiger partial charge on any atom is -0.348 e. The van der Waals surface area contributed by atoms with Crippen LogP contribution in [0.15, 0.2) is 18.2 Å². The number of carbonyl (C=O) groups excluding carboxylic acids is 1. The lowest BCUT2D eigenvalue weighted by molar-refractivity contribution is 0.0879. The highest BCUT2D eigenvalue weighted by molar-refractivity contribution is 6.34. The van der Waals surface area contributed by atoms with E-state index in [2.05, 4.69) is 24.1 Å². The van der Waals surface area contributed by atoms with E-state index in [1.807, 2.05) is 19.1 Å². The molecular weight excluding hydrogens is 286 g/mol. The predicted molar refractivity (Wildman–Crippen MR) is 86.7 cm³/mol. The Morgan fingerprint density at radius 2 is 2.19 bits per heavy atom. The van der Waals surface area contributed by atoms with Crippen LogP contribution in [0.3, 0.4) is 0 Å². The van der Waals surface area contributed by atoms with Crippen molar-refractivity contribution in [2.45, 2.75) is 45.3 Å². The van der Waals surface area contributed by atoms with Crippen molar-refractivity contribution >= 4 is 17.5 Å². The van der Waals surface area contributed by atoms with Crippen LogP contribution in [0.5, 0.6) is 0 Å². The third-order valence-corrected chi connectivity index (χ3v) is 4.50. The zero-order valence-electron chi connectivity index (χ0n) is 12.9. The summed E-state index contributed by atoms with van der Waals surface area (Å²) in [5, 5.41) is 3.54. The molecule has 1 aromatic rings. The normalized spacial score (nSPS) is 23.3. The Morgan fingerprint density at radius 1 is 1.48 bits per heavy atom. The van der Waals surface area contributed by atoms with Crippen LogP contribution in [0, 0.1) is 6.92 Å². The second-order valence-corrected chi connectivity index (χ2v) is 6.46. The van der Waals surface area contributed by atoms with Gasteiger partial charge in [0.05, 0.1) is 10.6 Å². The summed E-state index contributed by atoms with van der Waals surface area (Å²) in [5.41, 5.74) is 7.66. The van der Waals surface area contributed by atoms with Crippen LogP contribution in [0.1, 0.15) is 36.2 Å². The van der Waals surface area contributed by atoms with Gasteiger partial charge in [0.1, 0.15) is 0 Å². The first kappa shape index (κ1) is 16.3. The Hall–Kier alpha value is -1.10. The molecule has 5 heteroatoms. The standard InChI is InChI=1S/C16H24ClN3O/c1-10(2)20-8-7-14(13(18)9-20)19-16(21)15-11(3)5-4-6-12(15)17/h4-6,10,13-14H,7-9,18H2,1-3H3,(H,19,21). The van der Waals surface area contributed by atoms with E-state index in [0.29, 0.717) is 16.6 Å². The summed E-state index contributed by atoms with van der Waals surface area (Å²) in [5.74, 6) is -0.128. The molecule has 2 unspecified atom stereocenters. The molecule has 1 aliphatic heterocycles. The molecular formula is C16H24ClN3O. The molecule has 1 saturated heterocycles. The van der Waals surface area contributed by atoms with Gasteiger partial charge < -0.3 is 11.1 Å². The van der Waals surface area contributed by atoms with Gasteiger partial charge in [-0.15, -0.1) is 0 Å². The highest BCUT2D eigenvalue weighted by Gasteiger charge is 2.29. The van der Waals surface area contributed by atoms with Gasteiger partial charge >= 0.3 is 0 Å². The fourth-order valence-corrected chi connectivity index (χ4v) is 3.12. The number of amides is 1. The molecule has 0 radical (unpaired) electrons. The lowest BCUT2D eigenvalue weighted by Gasteiger charge is -2.39. The van der Waals surface area contributed by atoms with Gasteiger partial charge in [0.25, 0.3) is 5.91 Å². The van der Waals surface area contributed by atoms with Gasteiger partial charge in [0.15, 0.2) is 0 Å². The van der Waals surface area contributed by atoms with Crippen LogP contribution in [-0.4, -0.2) is 42.0 Å². The molecule has 0 spiro atoms. The maximum Gasteiger partial charge on any atom is 0.253 e. The molecule has 21 heavy (non-hydrogen) atoms. The van der Waals surface area contributed by atoms with Crippen LogP contribution < -0.4 is 11.1 Å². The summed E-state index contributed by atoms with van der Waals surface area (Å²) in [6, 6.07) is 5.92. The van der Waals surface area contributed by atoms with Gasteiger partial charge in [-0.05, 0) is 38.8 Å². The molecule has 0 saturated carbocycles. The van der Waals surface area contributed by atoms with E-state index in [4.69, 9.17) is 17.3 Å². The fourth-order valence-electron chi connectivity index (χ4n) is 2.82. The van der Waals surface area contributed by atoms with Crippen LogP contribution in [0.4, 0.5) is 0 Å². The average Bonchev–Trinajstić information content (AvgIpc) is 2.40. The number of nitrogens with two attached hydrogens (primary N) is 1. The van der Waals surface area contributed by atoms with Crippen LogP contribution >= 0.6 is 11.6 Å². The first-order valence-electron chi connectivity index (χ1n) is 7.45. The van der Waals surface area contributed by atoms with Gasteiger partial charge in [-0.3, -0.25) is 9.69 Å². The molecule has 116 valence electrons. The third kappa shape index (κ3) is 3.76. The number of aryl methyl sites for hydroxylation is 1. The first-order chi connectivity index (χ1) is 9.90. The molecule has 1 heterocycles. The Bertz CT molecular complexity index is 498. The van der Waals surface area contributed by atoms with E-state index in [-0.39, 0.29) is 18.0 Å². The molecule has 4 nitrogen and oxygen atoms in total. The Kier molecular flexibility index (Phi) is 5.25. The molecule has 0 aromatic heterocycles. The second kappa shape index (κ2) is 6.77. The van der Waals surface area contributed by atoms with Crippen molar-refractivity contribution in [1.29, 1.82) is 0 Å². The van der Waals surface area contributed by atoms with Crippen molar-refractivity contribution < 1.29 is 4.79 Å². The van der Waals surface area contributed by atoms with Crippen molar-refractivity contribution in [3.63, 3.8) is 0 Å². The molecule has 1 aliphatic rings. The molecule has 1 aromatic carbocycles. The van der Waals surface area contributed by atoms with E-state index in [9.17, 15) is 4.79 Å². The summed E-state index contributed by atoms with van der Waals surface area (Å²) >= 11 is 6.14. The summed E-state index contributed by atoms with van der Waals surface area (Å²) in [7, 11) is 0. The highest BCUT2D eigenvalue weighted by atomic mass is 35.5. The van der Waals surface area contributed by atoms with E-state index in [1.54, 1.807) is 6.07 Å². The number of benzene rings is 1. The number of carbonyl (C=O) groups is 1. The number of piperidine rings is 1. The van der Waals surface area contributed by atoms with Crippen LogP contribution in [0.2, 0.25) is 5.02 Å². The number of likely N-dealkylation sites (tertiary alicyclic amines) is 1. The highest BCUT2D eigenvalue weighted by Crippen LogP contribution is 2.20. The minimum atomic E-state index is -0.128. The number of hydrogen-bond acceptors (Lipinski definition) is 3. The van der Waals surface area contributed by atoms with Gasteiger partial charge in [0.2, 0.25) is 0 Å². The van der Waals surface area contributed by atoms with Crippen molar-refractivity contribution in [3.8, 4) is 0 Å². The van der Waals surface area contributed by atoms with Gasteiger partial charge in [-0.1, -0.05) is 23.7 Å². The largest absolute Gasteiger partial charge is 0.348 e. The van der Waals surface area contributed by atoms with Crippen molar-refractivity contribution in [2.75, 3.05) is 13.1 Å². The maximum atomic E-state index is 12.5. The van der Waals surface area contributed by atoms with Crippen molar-refractivity contribution in [1.82, 2.24) is 10.2 Å². The van der Waals surface area contributed by atoms with E-state index in [1.165, 1.54) is 0 Å². The van der Waals surface area contributed by atoms with Gasteiger partial charge in [0, 0.05) is 31.2 Å². The Labute approximate surface area is 131 Å². The predicted octanol–water partition coefficient (Wildman–Crippen LogP) is 2.19. The zero-order chi connectivity index (χ0) is 15.6. The smallest absolute Gasteiger partial charge is 0.253 e. The lowest BCUT2D eigenvalue weighted by atomic mass is 9.98. The summed E-state index contributed by atoms with van der Waals surface area (Å²) in [4.78, 5) is 14.8. The Morgan fingerprint density at radius 3 is 2.76 bits per heavy atom. The molecule has 2 rings (SSSR count). The minimum absolute atomic E-state index is 0.00294. The summed E-state index contributed by atoms with van der Waals surface area (Å²) in [6.07, 6.45) is 0.870. The third-order valence-electron chi connectivity index (χ3n) is 4.19. The quantitative estimate of drug-likeness (QED) is 0.900. The van der Waals surface area contributed by atoms with Gasteiger partial charge in [-0.25, -0.2) is 0 Å². The second-order valence-electron chi connectivity index (χ2n) is 6.05. The number of hydrogen-bond donors (Lipinski definition) is 2. The van der Waals surface area contributed by atoms with Crippen molar-refractivity contribution in [3.05, 3.63) is 34.3 Å². The average molecular weight is 310 g/mol. The van der Waals surface area contributed by atoms with E-state index < -0.39 is 0 Å². The van der Waals surface area contributed by atoms with Crippen LogP contribution in [0.25, 0.3) is 0 Å². The number of halogens is 1. The fraction of sp³-hybridized carbons (Fsp3) is 0.562. The molecule has 2 atom stereocenters. The summed E-state index contributed by atoms with van der Waals surface area (Å²) < 4.78 is 0. The number of rotatable bonds is 3. The maximum absolute atomic E-state index is 12.5. The summed E-state index contributed by atoms with van der Waals surface area (Å²) in [6.45, 7) is 7.99. The van der Waals surface area contributed by atoms with Crippen LogP contribution in [-0.2, 0) is 0 Å². The van der Waals surface area contributed by atoms with E-state index in [0.717, 1.165) is 25.1 Å².